The van der Waals surface area contributed by atoms with Gasteiger partial charge in [-0.15, -0.1) is 0 Å². The Bertz CT molecular complexity index is 2120. The van der Waals surface area contributed by atoms with Gasteiger partial charge in [0, 0.05) is 52.3 Å². The minimum Gasteiger partial charge on any atom is -0.353 e. The number of H-pyrrole nitrogens is 2. The van der Waals surface area contributed by atoms with E-state index in [4.69, 9.17) is 0 Å². The number of amides is 1. The number of carbonyl (C=O) groups is 1. The van der Waals surface area contributed by atoms with Gasteiger partial charge < -0.3 is 10.3 Å². The zero-order valence-electron chi connectivity index (χ0n) is 23.6. The number of carbonyl (C=O) groups excluding carboxylic acids is 1. The number of nitrogens with zero attached hydrogens (tertiary/aromatic N) is 3. The van der Waals surface area contributed by atoms with Crippen LogP contribution in [0.5, 0.6) is 0 Å². The Morgan fingerprint density at radius 1 is 0.977 bits per heavy atom. The molecule has 0 saturated heterocycles. The second-order valence-electron chi connectivity index (χ2n) is 10.7. The predicted octanol–water partition coefficient (Wildman–Crippen LogP) is 5.62. The lowest BCUT2D eigenvalue weighted by Crippen LogP contribution is -2.21. The van der Waals surface area contributed by atoms with Crippen molar-refractivity contribution in [2.45, 2.75) is 20.4 Å². The molecule has 0 fully saturated rings. The quantitative estimate of drug-likeness (QED) is 0.179. The zero-order valence-corrected chi connectivity index (χ0v) is 24.4. The van der Waals surface area contributed by atoms with Crippen molar-refractivity contribution < 1.29 is 17.6 Å². The molecule has 10 nitrogen and oxygen atoms in total. The number of pyridine rings is 2. The van der Waals surface area contributed by atoms with Crippen molar-refractivity contribution in [3.8, 4) is 33.6 Å². The number of sulfonamides is 1. The second-order valence-corrected chi connectivity index (χ2v) is 12.5. The number of benzene rings is 2. The molecule has 218 valence electrons. The number of aromatic amines is 2. The van der Waals surface area contributed by atoms with Crippen LogP contribution in [0.4, 0.5) is 10.1 Å². The molecule has 4 heterocycles. The summed E-state index contributed by atoms with van der Waals surface area (Å²) >= 11 is 0. The van der Waals surface area contributed by atoms with Crippen LogP contribution in [-0.4, -0.2) is 45.7 Å². The number of hydrogen-bond donors (Lipinski definition) is 4. The van der Waals surface area contributed by atoms with Crippen molar-refractivity contribution in [1.82, 2.24) is 29.9 Å². The van der Waals surface area contributed by atoms with Crippen LogP contribution in [0, 0.1) is 11.7 Å². The van der Waals surface area contributed by atoms with E-state index in [0.29, 0.717) is 22.5 Å². The van der Waals surface area contributed by atoms with Crippen LogP contribution in [-0.2, 0) is 21.4 Å². The van der Waals surface area contributed by atoms with Crippen LogP contribution in [0.1, 0.15) is 19.4 Å². The summed E-state index contributed by atoms with van der Waals surface area (Å²) in [6, 6.07) is 16.0. The Hall–Kier alpha value is -4.94. The van der Waals surface area contributed by atoms with E-state index in [-0.39, 0.29) is 18.4 Å². The van der Waals surface area contributed by atoms with Crippen molar-refractivity contribution in [1.29, 1.82) is 0 Å². The number of fused-ring (bicyclic) bond motifs is 2. The highest BCUT2D eigenvalue weighted by molar-refractivity contribution is 7.88. The van der Waals surface area contributed by atoms with E-state index < -0.39 is 15.8 Å². The molecule has 2 aromatic carbocycles. The molecule has 0 unspecified atom stereocenters. The standard InChI is InChI=1S/C31H28FN7O3S/c1-17(2)31(40)36-23-10-20(14-33-16-23)21-11-26-29(38-39-30(26)34-15-21)28-12-25-24(5-4-6-27(25)37-28)19-7-18(8-22(32)9-19)13-35-43(3,41)42/h4-12,14-17,35,37H,13H2,1-3H3,(H,36,40)(H,34,38,39). The smallest absolute Gasteiger partial charge is 0.226 e. The molecule has 0 atom stereocenters. The van der Waals surface area contributed by atoms with Crippen LogP contribution in [0.2, 0.25) is 0 Å². The Labute approximate surface area is 246 Å². The first-order valence-corrected chi connectivity index (χ1v) is 15.4. The van der Waals surface area contributed by atoms with E-state index in [1.54, 1.807) is 24.7 Å². The van der Waals surface area contributed by atoms with Gasteiger partial charge in [-0.05, 0) is 59.2 Å². The van der Waals surface area contributed by atoms with Crippen LogP contribution < -0.4 is 10.0 Å². The molecule has 0 aliphatic carbocycles. The topological polar surface area (TPSA) is 146 Å². The maximum absolute atomic E-state index is 14.6. The molecule has 1 amide bonds. The minimum atomic E-state index is -3.43. The number of anilines is 1. The van der Waals surface area contributed by atoms with E-state index in [1.807, 2.05) is 50.2 Å². The molecule has 12 heteroatoms. The van der Waals surface area contributed by atoms with Gasteiger partial charge in [-0.2, -0.15) is 5.10 Å². The summed E-state index contributed by atoms with van der Waals surface area (Å²) in [5.74, 6) is -0.717. The third kappa shape index (κ3) is 6.01. The van der Waals surface area contributed by atoms with Gasteiger partial charge in [0.25, 0.3) is 0 Å². The fourth-order valence-electron chi connectivity index (χ4n) is 4.88. The molecule has 4 N–H and O–H groups in total. The number of aromatic nitrogens is 5. The van der Waals surface area contributed by atoms with Crippen molar-refractivity contribution in [2.75, 3.05) is 11.6 Å². The lowest BCUT2D eigenvalue weighted by molar-refractivity contribution is -0.118. The van der Waals surface area contributed by atoms with Crippen LogP contribution >= 0.6 is 0 Å². The Morgan fingerprint density at radius 2 is 1.79 bits per heavy atom. The molecule has 0 aliphatic heterocycles. The molecule has 0 spiro atoms. The summed E-state index contributed by atoms with van der Waals surface area (Å²) in [4.78, 5) is 24.4. The monoisotopic (exact) mass is 597 g/mol. The number of nitrogens with one attached hydrogen (secondary N) is 4. The highest BCUT2D eigenvalue weighted by Gasteiger charge is 2.16. The number of rotatable bonds is 8. The zero-order chi connectivity index (χ0) is 30.3. The van der Waals surface area contributed by atoms with Gasteiger partial charge in [-0.25, -0.2) is 22.5 Å². The highest BCUT2D eigenvalue weighted by atomic mass is 32.2. The molecule has 0 radical (unpaired) electrons. The molecule has 0 saturated carbocycles. The van der Waals surface area contributed by atoms with Crippen molar-refractivity contribution in [2.24, 2.45) is 5.92 Å². The Morgan fingerprint density at radius 3 is 2.58 bits per heavy atom. The molecule has 0 bridgehead atoms. The Balaban J connectivity index is 1.38. The summed E-state index contributed by atoms with van der Waals surface area (Å²) in [5.41, 5.74) is 6.94. The van der Waals surface area contributed by atoms with Gasteiger partial charge in [0.2, 0.25) is 15.9 Å². The van der Waals surface area contributed by atoms with Crippen LogP contribution in [0.15, 0.2) is 73.2 Å². The van der Waals surface area contributed by atoms with Crippen molar-refractivity contribution in [3.05, 3.63) is 84.6 Å². The highest BCUT2D eigenvalue weighted by Crippen LogP contribution is 2.35. The average Bonchev–Trinajstić information content (AvgIpc) is 3.59. The molecule has 0 aliphatic rings. The van der Waals surface area contributed by atoms with Gasteiger partial charge in [0.15, 0.2) is 5.65 Å². The van der Waals surface area contributed by atoms with Crippen molar-refractivity contribution >= 4 is 43.6 Å². The van der Waals surface area contributed by atoms with Gasteiger partial charge >= 0.3 is 0 Å². The molecule has 6 rings (SSSR count). The van der Waals surface area contributed by atoms with Gasteiger partial charge in [0.05, 0.1) is 29.5 Å². The van der Waals surface area contributed by atoms with Crippen LogP contribution in [0.3, 0.4) is 0 Å². The summed E-state index contributed by atoms with van der Waals surface area (Å²) in [6.07, 6.45) is 6.09. The largest absolute Gasteiger partial charge is 0.353 e. The van der Waals surface area contributed by atoms with E-state index in [1.165, 1.54) is 12.1 Å². The molecule has 43 heavy (non-hydrogen) atoms. The van der Waals surface area contributed by atoms with Crippen molar-refractivity contribution in [3.63, 3.8) is 0 Å². The first kappa shape index (κ1) is 28.2. The summed E-state index contributed by atoms with van der Waals surface area (Å²) in [6.45, 7) is 3.63. The molecular formula is C31H28FN7O3S. The summed E-state index contributed by atoms with van der Waals surface area (Å²) < 4.78 is 40.1. The molecular weight excluding hydrogens is 569 g/mol. The lowest BCUT2D eigenvalue weighted by Gasteiger charge is -2.09. The summed E-state index contributed by atoms with van der Waals surface area (Å²) in [7, 11) is -3.43. The first-order valence-electron chi connectivity index (χ1n) is 13.5. The first-order chi connectivity index (χ1) is 20.5. The lowest BCUT2D eigenvalue weighted by atomic mass is 9.99. The average molecular weight is 598 g/mol. The fraction of sp³-hybridized carbons (Fsp3) is 0.161. The Kier molecular flexibility index (Phi) is 7.24. The number of halogens is 1. The maximum Gasteiger partial charge on any atom is 0.226 e. The fourth-order valence-corrected chi connectivity index (χ4v) is 5.31. The third-order valence-corrected chi connectivity index (χ3v) is 7.68. The van der Waals surface area contributed by atoms with E-state index in [2.05, 4.69) is 35.2 Å². The van der Waals surface area contributed by atoms with Gasteiger partial charge in [-0.1, -0.05) is 26.0 Å². The van der Waals surface area contributed by atoms with Gasteiger partial charge in [0.1, 0.15) is 5.82 Å². The van der Waals surface area contributed by atoms with E-state index in [0.717, 1.165) is 50.6 Å². The molecule has 6 aromatic rings. The summed E-state index contributed by atoms with van der Waals surface area (Å²) in [5, 5.41) is 12.0. The number of hydrogen-bond acceptors (Lipinski definition) is 6. The van der Waals surface area contributed by atoms with E-state index in [9.17, 15) is 17.6 Å². The normalized spacial score (nSPS) is 11.9. The predicted molar refractivity (Wildman–Crippen MR) is 165 cm³/mol. The SMILES string of the molecule is CC(C)C(=O)Nc1cncc(-c2cnc3n[nH]c(-c4cc5c(-c6cc(F)cc(CNS(C)(=O)=O)c6)cccc5[nH]4)c3c2)c1. The van der Waals surface area contributed by atoms with Crippen LogP contribution in [0.25, 0.3) is 55.6 Å². The maximum atomic E-state index is 14.6. The second kappa shape index (κ2) is 11.0. The van der Waals surface area contributed by atoms with E-state index >= 15 is 0 Å². The minimum absolute atomic E-state index is 0.0179. The molecule has 4 aromatic heterocycles. The van der Waals surface area contributed by atoms with Gasteiger partial charge in [-0.3, -0.25) is 14.9 Å². The third-order valence-electron chi connectivity index (χ3n) is 7.01.